The highest BCUT2D eigenvalue weighted by molar-refractivity contribution is 6.32. The van der Waals surface area contributed by atoms with Crippen molar-refractivity contribution >= 4 is 23.5 Å². The van der Waals surface area contributed by atoms with E-state index in [9.17, 15) is 10.1 Å². The number of hydrogen-bond acceptors (Lipinski definition) is 4. The quantitative estimate of drug-likeness (QED) is 0.339. The predicted molar refractivity (Wildman–Crippen MR) is 96.7 cm³/mol. The summed E-state index contributed by atoms with van der Waals surface area (Å²) in [5.74, 6) is 2.65. The van der Waals surface area contributed by atoms with Gasteiger partial charge in [-0.2, -0.15) is 5.26 Å². The number of Topliss-reactive ketones (excluding diaryl/α,β-unsaturated/α-hetero) is 1. The number of carbonyl (C=O) groups is 1. The Labute approximate surface area is 151 Å². The Bertz CT molecular complexity index is 890. The van der Waals surface area contributed by atoms with Gasteiger partial charge in [-0.05, 0) is 23.8 Å². The number of terminal acetylenes is 1. The molecule has 0 saturated heterocycles. The Morgan fingerprint density at radius 3 is 2.64 bits per heavy atom. The summed E-state index contributed by atoms with van der Waals surface area (Å²) in [6.45, 7) is 0.0429. The van der Waals surface area contributed by atoms with Gasteiger partial charge in [-0.25, -0.2) is 0 Å². The van der Waals surface area contributed by atoms with E-state index in [1.54, 1.807) is 42.5 Å². The second-order valence-electron chi connectivity index (χ2n) is 4.89. The van der Waals surface area contributed by atoms with Gasteiger partial charge in [-0.3, -0.25) is 4.79 Å². The van der Waals surface area contributed by atoms with Gasteiger partial charge in [0.05, 0.1) is 12.1 Å². The van der Waals surface area contributed by atoms with E-state index in [0.717, 1.165) is 0 Å². The molecule has 0 aliphatic heterocycles. The maximum Gasteiger partial charge on any atom is 0.203 e. The van der Waals surface area contributed by atoms with E-state index >= 15 is 0 Å². The molecule has 25 heavy (non-hydrogen) atoms. The van der Waals surface area contributed by atoms with Gasteiger partial charge < -0.3 is 9.47 Å². The molecule has 0 unspecified atom stereocenters. The Hall–Kier alpha value is -3.21. The molecule has 5 heteroatoms. The molecule has 0 bridgehead atoms. The number of nitriles is 1. The van der Waals surface area contributed by atoms with Crippen LogP contribution in [0.3, 0.4) is 0 Å². The topological polar surface area (TPSA) is 59.3 Å². The molecule has 0 aliphatic carbocycles. The van der Waals surface area contributed by atoms with Crippen molar-refractivity contribution in [3.05, 3.63) is 64.2 Å². The molecule has 0 aliphatic rings. The van der Waals surface area contributed by atoms with Crippen molar-refractivity contribution in [3.8, 4) is 29.9 Å². The third-order valence-corrected chi connectivity index (χ3v) is 3.54. The maximum atomic E-state index is 12.4. The van der Waals surface area contributed by atoms with Crippen LogP contribution in [0.1, 0.15) is 15.9 Å². The van der Waals surface area contributed by atoms with Crippen LogP contribution in [0.15, 0.2) is 48.0 Å². The smallest absolute Gasteiger partial charge is 0.203 e. The summed E-state index contributed by atoms with van der Waals surface area (Å²) in [5, 5.41) is 9.60. The first-order valence-corrected chi connectivity index (χ1v) is 7.63. The number of rotatable bonds is 6. The van der Waals surface area contributed by atoms with E-state index in [-0.39, 0.29) is 23.0 Å². The second kappa shape index (κ2) is 8.59. The number of allylic oxidation sites excluding steroid dienone is 1. The molecule has 2 rings (SSSR count). The summed E-state index contributed by atoms with van der Waals surface area (Å²) in [5.41, 5.74) is 0.958. The van der Waals surface area contributed by atoms with E-state index in [1.165, 1.54) is 13.2 Å². The van der Waals surface area contributed by atoms with Crippen LogP contribution >= 0.6 is 11.6 Å². The van der Waals surface area contributed by atoms with Crippen LogP contribution in [-0.4, -0.2) is 19.5 Å². The van der Waals surface area contributed by atoms with Gasteiger partial charge in [-0.1, -0.05) is 47.9 Å². The summed E-state index contributed by atoms with van der Waals surface area (Å²) < 4.78 is 10.6. The zero-order chi connectivity index (χ0) is 18.2. The fourth-order valence-corrected chi connectivity index (χ4v) is 2.41. The summed E-state index contributed by atoms with van der Waals surface area (Å²) >= 11 is 6.20. The number of methoxy groups -OCH3 is 1. The average molecular weight is 352 g/mol. The lowest BCUT2D eigenvalue weighted by Crippen LogP contribution is -2.02. The van der Waals surface area contributed by atoms with Crippen LogP contribution in [0.5, 0.6) is 11.5 Å². The summed E-state index contributed by atoms with van der Waals surface area (Å²) in [6.07, 6.45) is 6.63. The molecule has 0 fully saturated rings. The minimum atomic E-state index is -0.370. The van der Waals surface area contributed by atoms with Crippen molar-refractivity contribution in [3.63, 3.8) is 0 Å². The van der Waals surface area contributed by atoms with Crippen LogP contribution < -0.4 is 9.47 Å². The molecule has 0 atom stereocenters. The van der Waals surface area contributed by atoms with Gasteiger partial charge in [0, 0.05) is 5.56 Å². The van der Waals surface area contributed by atoms with Crippen molar-refractivity contribution in [2.75, 3.05) is 13.7 Å². The standard InChI is InChI=1S/C20H14ClNO3/c1-3-9-25-20-17(21)11-14(12-18(20)24-2)10-16(13-22)19(23)15-7-5-4-6-8-15/h1,4-8,10-12H,9H2,2H3/b16-10+. The molecule has 0 heterocycles. The number of hydrogen-bond donors (Lipinski definition) is 0. The highest BCUT2D eigenvalue weighted by Gasteiger charge is 2.15. The molecule has 0 saturated carbocycles. The van der Waals surface area contributed by atoms with E-state index in [0.29, 0.717) is 22.6 Å². The van der Waals surface area contributed by atoms with E-state index in [1.807, 2.05) is 6.07 Å². The van der Waals surface area contributed by atoms with Crippen molar-refractivity contribution in [2.24, 2.45) is 0 Å². The minimum Gasteiger partial charge on any atom is -0.493 e. The molecule has 124 valence electrons. The predicted octanol–water partition coefficient (Wildman–Crippen LogP) is 4.15. The first-order valence-electron chi connectivity index (χ1n) is 7.26. The van der Waals surface area contributed by atoms with E-state index in [4.69, 9.17) is 27.5 Å². The molecular weight excluding hydrogens is 338 g/mol. The van der Waals surface area contributed by atoms with Gasteiger partial charge >= 0.3 is 0 Å². The number of carbonyl (C=O) groups excluding carboxylic acids is 1. The molecule has 0 N–H and O–H groups in total. The van der Waals surface area contributed by atoms with Crippen molar-refractivity contribution in [1.29, 1.82) is 5.26 Å². The second-order valence-corrected chi connectivity index (χ2v) is 5.30. The first kappa shape index (κ1) is 18.1. The van der Waals surface area contributed by atoms with Gasteiger partial charge in [0.1, 0.15) is 18.2 Å². The highest BCUT2D eigenvalue weighted by atomic mass is 35.5. The SMILES string of the molecule is C#CCOc1c(Cl)cc(/C=C(\C#N)C(=O)c2ccccc2)cc1OC. The van der Waals surface area contributed by atoms with Crippen molar-refractivity contribution < 1.29 is 14.3 Å². The fourth-order valence-electron chi connectivity index (χ4n) is 2.14. The lowest BCUT2D eigenvalue weighted by atomic mass is 10.0. The maximum absolute atomic E-state index is 12.4. The van der Waals surface area contributed by atoms with Crippen LogP contribution in [0.2, 0.25) is 5.02 Å². The number of halogens is 1. The summed E-state index contributed by atoms with van der Waals surface area (Å²) in [7, 11) is 1.46. The van der Waals surface area contributed by atoms with Crippen molar-refractivity contribution in [2.45, 2.75) is 0 Å². The highest BCUT2D eigenvalue weighted by Crippen LogP contribution is 2.37. The number of nitrogens with zero attached hydrogens (tertiary/aromatic N) is 1. The number of ether oxygens (including phenoxy) is 2. The number of benzene rings is 2. The molecule has 0 spiro atoms. The molecule has 4 nitrogen and oxygen atoms in total. The Morgan fingerprint density at radius 1 is 1.32 bits per heavy atom. The van der Waals surface area contributed by atoms with Gasteiger partial charge in [0.25, 0.3) is 0 Å². The monoisotopic (exact) mass is 351 g/mol. The number of ketones is 1. The van der Waals surface area contributed by atoms with Gasteiger partial charge in [0.2, 0.25) is 5.78 Å². The Balaban J connectivity index is 2.42. The third-order valence-electron chi connectivity index (χ3n) is 3.26. The molecule has 2 aromatic rings. The molecule has 0 radical (unpaired) electrons. The first-order chi connectivity index (χ1) is 12.1. The summed E-state index contributed by atoms with van der Waals surface area (Å²) in [6, 6.07) is 13.7. The lowest BCUT2D eigenvalue weighted by Gasteiger charge is -2.11. The minimum absolute atomic E-state index is 0.0124. The molecular formula is C20H14ClNO3. The van der Waals surface area contributed by atoms with E-state index in [2.05, 4.69) is 5.92 Å². The Kier molecular flexibility index (Phi) is 6.23. The molecule has 0 aromatic heterocycles. The normalized spacial score (nSPS) is 10.5. The third kappa shape index (κ3) is 4.41. The Morgan fingerprint density at radius 2 is 2.04 bits per heavy atom. The average Bonchev–Trinajstić information content (AvgIpc) is 2.65. The molecule has 2 aromatic carbocycles. The molecule has 0 amide bonds. The largest absolute Gasteiger partial charge is 0.493 e. The van der Waals surface area contributed by atoms with Gasteiger partial charge in [-0.15, -0.1) is 6.42 Å². The van der Waals surface area contributed by atoms with Crippen LogP contribution in [0.4, 0.5) is 0 Å². The summed E-state index contributed by atoms with van der Waals surface area (Å²) in [4.78, 5) is 12.4. The zero-order valence-electron chi connectivity index (χ0n) is 13.5. The van der Waals surface area contributed by atoms with Crippen LogP contribution in [-0.2, 0) is 0 Å². The van der Waals surface area contributed by atoms with Crippen LogP contribution in [0, 0.1) is 23.7 Å². The lowest BCUT2D eigenvalue weighted by molar-refractivity contribution is 0.104. The van der Waals surface area contributed by atoms with Gasteiger partial charge in [0.15, 0.2) is 11.5 Å². The van der Waals surface area contributed by atoms with Crippen LogP contribution in [0.25, 0.3) is 6.08 Å². The van der Waals surface area contributed by atoms with Crippen molar-refractivity contribution in [1.82, 2.24) is 0 Å². The van der Waals surface area contributed by atoms with E-state index < -0.39 is 0 Å². The fraction of sp³-hybridized carbons (Fsp3) is 0.100. The zero-order valence-corrected chi connectivity index (χ0v) is 14.2.